The molecule has 174 valence electrons. The van der Waals surface area contributed by atoms with Crippen molar-refractivity contribution >= 4 is 39.6 Å². The average molecular weight is 521 g/mol. The van der Waals surface area contributed by atoms with Crippen molar-refractivity contribution in [2.75, 3.05) is 39.5 Å². The van der Waals surface area contributed by atoms with Crippen LogP contribution in [0.1, 0.15) is 5.56 Å². The fourth-order valence-electron chi connectivity index (χ4n) is 2.84. The molecule has 1 aliphatic rings. The van der Waals surface area contributed by atoms with Crippen LogP contribution in [0.4, 0.5) is 5.69 Å². The Kier molecular flexibility index (Phi) is 8.72. The van der Waals surface area contributed by atoms with Gasteiger partial charge in [-0.1, -0.05) is 12.1 Å². The van der Waals surface area contributed by atoms with E-state index in [0.717, 1.165) is 0 Å². The van der Waals surface area contributed by atoms with Crippen LogP contribution in [0.15, 0.2) is 52.0 Å². The molecule has 0 spiro atoms. The van der Waals surface area contributed by atoms with Crippen LogP contribution in [0, 0.1) is 10.1 Å². The number of hydrogen-bond donors (Lipinski definition) is 1. The molecule has 1 saturated heterocycles. The Bertz CT molecular complexity index is 1040. The van der Waals surface area contributed by atoms with Crippen LogP contribution in [0.5, 0.6) is 11.5 Å². The molecule has 0 saturated carbocycles. The Hall–Kier alpha value is -3.51. The molecule has 1 aliphatic heterocycles. The number of nitrogens with zero attached hydrogens (tertiary/aromatic N) is 3. The second-order valence-electron chi connectivity index (χ2n) is 6.78. The molecule has 12 heteroatoms. The van der Waals surface area contributed by atoms with E-state index >= 15 is 0 Å². The molecular weight excluding hydrogens is 500 g/mol. The van der Waals surface area contributed by atoms with Crippen molar-refractivity contribution in [2.24, 2.45) is 5.10 Å². The number of ether oxygens (including phenoxy) is 3. The van der Waals surface area contributed by atoms with Crippen LogP contribution in [-0.4, -0.2) is 67.4 Å². The van der Waals surface area contributed by atoms with Crippen molar-refractivity contribution in [3.8, 4) is 11.5 Å². The van der Waals surface area contributed by atoms with Crippen molar-refractivity contribution in [1.29, 1.82) is 0 Å². The summed E-state index contributed by atoms with van der Waals surface area (Å²) in [5, 5.41) is 14.8. The standard InChI is InChI=1S/C21H21BrN4O7/c22-16-11-15(5-6-18(16)33-14-21(28)25-7-9-31-10-8-25)12-23-24-20(27)13-32-19-4-2-1-3-17(19)26(29)30/h1-6,11-12H,7-10,13-14H2,(H,24,27)/b23-12+. The summed E-state index contributed by atoms with van der Waals surface area (Å²) < 4.78 is 16.6. The SMILES string of the molecule is O=C(COc1ccccc1[N+](=O)[O-])N/N=C/c1ccc(OCC(=O)N2CCOCC2)c(Br)c1. The third-order valence-corrected chi connectivity index (χ3v) is 5.11. The first-order valence-electron chi connectivity index (χ1n) is 9.90. The molecule has 11 nitrogen and oxygen atoms in total. The van der Waals surface area contributed by atoms with Gasteiger partial charge >= 0.3 is 5.69 Å². The number of nitro benzene ring substituents is 1. The Morgan fingerprint density at radius 3 is 2.61 bits per heavy atom. The topological polar surface area (TPSA) is 133 Å². The highest BCUT2D eigenvalue weighted by Gasteiger charge is 2.18. The molecule has 1 heterocycles. The Labute approximate surface area is 197 Å². The van der Waals surface area contributed by atoms with Crippen LogP contribution in [-0.2, 0) is 14.3 Å². The third kappa shape index (κ3) is 7.26. The first-order valence-corrected chi connectivity index (χ1v) is 10.7. The van der Waals surface area contributed by atoms with E-state index in [4.69, 9.17) is 14.2 Å². The molecule has 0 unspecified atom stereocenters. The van der Waals surface area contributed by atoms with Crippen molar-refractivity contribution in [3.05, 3.63) is 62.6 Å². The summed E-state index contributed by atoms with van der Waals surface area (Å²) in [5.41, 5.74) is 2.72. The molecule has 0 bridgehead atoms. The molecular formula is C21H21BrN4O7. The van der Waals surface area contributed by atoms with Crippen molar-refractivity contribution in [1.82, 2.24) is 10.3 Å². The van der Waals surface area contributed by atoms with E-state index < -0.39 is 17.4 Å². The molecule has 1 fully saturated rings. The van der Waals surface area contributed by atoms with Crippen LogP contribution < -0.4 is 14.9 Å². The second-order valence-corrected chi connectivity index (χ2v) is 7.63. The van der Waals surface area contributed by atoms with E-state index in [1.165, 1.54) is 24.4 Å². The van der Waals surface area contributed by atoms with Gasteiger partial charge < -0.3 is 19.1 Å². The molecule has 2 aromatic rings. The number of rotatable bonds is 9. The zero-order valence-corrected chi connectivity index (χ0v) is 19.0. The van der Waals surface area contributed by atoms with Gasteiger partial charge in [-0.3, -0.25) is 19.7 Å². The fourth-order valence-corrected chi connectivity index (χ4v) is 3.35. The van der Waals surface area contributed by atoms with E-state index in [0.29, 0.717) is 42.1 Å². The van der Waals surface area contributed by atoms with Gasteiger partial charge in [-0.05, 0) is 45.8 Å². The predicted octanol–water partition coefficient (Wildman–Crippen LogP) is 2.12. The lowest BCUT2D eigenvalue weighted by atomic mass is 10.2. The third-order valence-electron chi connectivity index (χ3n) is 4.49. The van der Waals surface area contributed by atoms with Crippen molar-refractivity contribution in [2.45, 2.75) is 0 Å². The predicted molar refractivity (Wildman–Crippen MR) is 121 cm³/mol. The normalized spacial score (nSPS) is 13.5. The Morgan fingerprint density at radius 1 is 1.15 bits per heavy atom. The summed E-state index contributed by atoms with van der Waals surface area (Å²) in [6.07, 6.45) is 1.41. The minimum absolute atomic E-state index is 0.00625. The van der Waals surface area contributed by atoms with Gasteiger partial charge in [0.25, 0.3) is 11.8 Å². The second kappa shape index (κ2) is 11.9. The highest BCUT2D eigenvalue weighted by Crippen LogP contribution is 2.26. The molecule has 3 rings (SSSR count). The fraction of sp³-hybridized carbons (Fsp3) is 0.286. The summed E-state index contributed by atoms with van der Waals surface area (Å²) >= 11 is 3.39. The molecule has 33 heavy (non-hydrogen) atoms. The van der Waals surface area contributed by atoms with Gasteiger partial charge in [0.2, 0.25) is 0 Å². The zero-order valence-electron chi connectivity index (χ0n) is 17.4. The van der Waals surface area contributed by atoms with E-state index in [1.807, 2.05) is 0 Å². The number of hydrogen-bond acceptors (Lipinski definition) is 8. The monoisotopic (exact) mass is 520 g/mol. The number of nitro groups is 1. The number of benzene rings is 2. The summed E-state index contributed by atoms with van der Waals surface area (Å²) in [4.78, 5) is 36.1. The number of hydrazone groups is 1. The molecule has 0 aliphatic carbocycles. The summed E-state index contributed by atoms with van der Waals surface area (Å²) in [5.74, 6) is -0.199. The van der Waals surface area contributed by atoms with E-state index in [2.05, 4.69) is 26.5 Å². The quantitative estimate of drug-likeness (QED) is 0.304. The molecule has 0 aromatic heterocycles. The molecule has 2 aromatic carbocycles. The van der Waals surface area contributed by atoms with Gasteiger partial charge in [0.05, 0.1) is 28.8 Å². The number of carbonyl (C=O) groups is 2. The smallest absolute Gasteiger partial charge is 0.310 e. The number of morpholine rings is 1. The number of halogens is 1. The van der Waals surface area contributed by atoms with E-state index in [1.54, 1.807) is 29.2 Å². The minimum Gasteiger partial charge on any atom is -0.483 e. The van der Waals surface area contributed by atoms with Gasteiger partial charge in [0.1, 0.15) is 5.75 Å². The number of carbonyl (C=O) groups excluding carboxylic acids is 2. The lowest BCUT2D eigenvalue weighted by molar-refractivity contribution is -0.385. The van der Waals surface area contributed by atoms with Crippen molar-refractivity contribution < 1.29 is 28.7 Å². The number of amides is 2. The Morgan fingerprint density at radius 2 is 1.88 bits per heavy atom. The Balaban J connectivity index is 1.46. The van der Waals surface area contributed by atoms with Gasteiger partial charge in [0.15, 0.2) is 19.0 Å². The van der Waals surface area contributed by atoms with Crippen molar-refractivity contribution in [3.63, 3.8) is 0 Å². The van der Waals surface area contributed by atoms with Crippen LogP contribution >= 0.6 is 15.9 Å². The van der Waals surface area contributed by atoms with Gasteiger partial charge in [0, 0.05) is 19.2 Å². The molecule has 0 atom stereocenters. The summed E-state index contributed by atoms with van der Waals surface area (Å²) in [7, 11) is 0. The average Bonchev–Trinajstić information content (AvgIpc) is 2.82. The summed E-state index contributed by atoms with van der Waals surface area (Å²) in [6, 6.07) is 10.9. The lowest BCUT2D eigenvalue weighted by Gasteiger charge is -2.26. The van der Waals surface area contributed by atoms with Gasteiger partial charge in [-0.2, -0.15) is 5.10 Å². The maximum atomic E-state index is 12.2. The van der Waals surface area contributed by atoms with Gasteiger partial charge in [-0.15, -0.1) is 0 Å². The summed E-state index contributed by atoms with van der Waals surface area (Å²) in [6.45, 7) is 1.64. The maximum absolute atomic E-state index is 12.2. The van der Waals surface area contributed by atoms with Crippen LogP contribution in [0.2, 0.25) is 0 Å². The molecule has 1 N–H and O–H groups in total. The number of para-hydroxylation sites is 2. The lowest BCUT2D eigenvalue weighted by Crippen LogP contribution is -2.43. The first kappa shape index (κ1) is 24.1. The molecule has 0 radical (unpaired) electrons. The highest BCUT2D eigenvalue weighted by molar-refractivity contribution is 9.10. The van der Waals surface area contributed by atoms with E-state index in [-0.39, 0.29) is 24.0 Å². The van der Waals surface area contributed by atoms with Gasteiger partial charge in [-0.25, -0.2) is 5.43 Å². The molecule has 2 amide bonds. The maximum Gasteiger partial charge on any atom is 0.310 e. The van der Waals surface area contributed by atoms with Crippen LogP contribution in [0.25, 0.3) is 0 Å². The number of nitrogens with one attached hydrogen (secondary N) is 1. The zero-order chi connectivity index (χ0) is 23.6. The highest BCUT2D eigenvalue weighted by atomic mass is 79.9. The first-order chi connectivity index (χ1) is 15.9. The van der Waals surface area contributed by atoms with Crippen LogP contribution in [0.3, 0.4) is 0 Å². The van der Waals surface area contributed by atoms with E-state index in [9.17, 15) is 19.7 Å². The largest absolute Gasteiger partial charge is 0.483 e. The minimum atomic E-state index is -0.588.